The molecular weight excluding hydrogens is 467 g/mol. The average Bonchev–Trinajstić information content (AvgIpc) is 3.38. The summed E-state index contributed by atoms with van der Waals surface area (Å²) in [5.41, 5.74) is -1.72. The Morgan fingerprint density at radius 2 is 2.06 bits per heavy atom. The lowest BCUT2D eigenvalue weighted by atomic mass is 9.86. The van der Waals surface area contributed by atoms with Crippen molar-refractivity contribution >= 4 is 17.2 Å². The molecule has 0 aromatic carbocycles. The van der Waals surface area contributed by atoms with Gasteiger partial charge in [-0.1, -0.05) is 5.21 Å². The van der Waals surface area contributed by atoms with E-state index in [1.165, 1.54) is 6.92 Å². The van der Waals surface area contributed by atoms with Crippen molar-refractivity contribution in [3.05, 3.63) is 33.3 Å². The standard InChI is InChI=1S/C18H18F6N4O3S/c1-8-4-16(14-9(12(29)7-31-16)3-13(32-14)17(19,20)21)5-11(10-6-27(2)26-25-10)28(8)15(30)18(22,23)24/h3,6,8,11-12,29H,4-5,7H2,1-2H3/t8-,11-,12+,16-/m0/s1/i2D2,5+1. The van der Waals surface area contributed by atoms with Crippen molar-refractivity contribution in [1.82, 2.24) is 19.9 Å². The highest BCUT2D eigenvalue weighted by Crippen LogP contribution is 2.55. The topological polar surface area (TPSA) is 80.5 Å². The zero-order chi connectivity index (χ0) is 25.2. The van der Waals surface area contributed by atoms with E-state index in [2.05, 4.69) is 10.3 Å². The lowest BCUT2D eigenvalue weighted by Gasteiger charge is -2.51. The number of fused-ring (bicyclic) bond motifs is 2. The summed E-state index contributed by atoms with van der Waals surface area (Å²) in [7, 11) is 0. The van der Waals surface area contributed by atoms with Gasteiger partial charge in [-0.15, -0.1) is 16.4 Å². The second-order valence-electron chi connectivity index (χ2n) is 7.82. The van der Waals surface area contributed by atoms with Crippen LogP contribution in [0.5, 0.6) is 0 Å². The number of aromatic nitrogens is 3. The number of carbonyl (C=O) groups is 1. The second-order valence-corrected chi connectivity index (χ2v) is 8.87. The molecule has 1 spiro atoms. The van der Waals surface area contributed by atoms with E-state index in [-0.39, 0.29) is 29.2 Å². The molecule has 0 bridgehead atoms. The Bertz CT molecular complexity index is 1090. The molecule has 1 saturated heterocycles. The fourth-order valence-electron chi connectivity index (χ4n) is 4.40. The molecule has 2 aliphatic heterocycles. The van der Waals surface area contributed by atoms with Crippen LogP contribution in [0.3, 0.4) is 0 Å². The molecule has 2 aromatic rings. The van der Waals surface area contributed by atoms with E-state index in [9.17, 15) is 36.2 Å². The van der Waals surface area contributed by atoms with Crippen LogP contribution in [0.1, 0.15) is 55.7 Å². The van der Waals surface area contributed by atoms with E-state index >= 15 is 0 Å². The maximum absolute atomic E-state index is 13.4. The first-order valence-corrected chi connectivity index (χ1v) is 10.1. The summed E-state index contributed by atoms with van der Waals surface area (Å²) in [6.45, 7) is -0.740. The number of aliphatic hydroxyl groups is 1. The quantitative estimate of drug-likeness (QED) is 0.492. The zero-order valence-corrected chi connectivity index (χ0v) is 17.1. The van der Waals surface area contributed by atoms with E-state index < -0.39 is 60.3 Å². The Labute approximate surface area is 184 Å². The van der Waals surface area contributed by atoms with Crippen molar-refractivity contribution < 1.29 is 43.7 Å². The molecule has 32 heavy (non-hydrogen) atoms. The number of likely N-dealkylation sites (tertiary alicyclic amines) is 1. The molecule has 4 atom stereocenters. The number of aryl methyl sites for hydroxylation is 1. The number of amides is 1. The minimum Gasteiger partial charge on any atom is -0.386 e. The fourth-order valence-corrected chi connectivity index (χ4v) is 5.65. The maximum Gasteiger partial charge on any atom is 0.471 e. The highest BCUT2D eigenvalue weighted by atomic mass is 32.1. The van der Waals surface area contributed by atoms with Crippen molar-refractivity contribution in [2.45, 2.75) is 55.9 Å². The summed E-state index contributed by atoms with van der Waals surface area (Å²) in [6.07, 6.45) is -10.9. The molecule has 1 amide bonds. The number of rotatable bonds is 1. The molecule has 4 heterocycles. The maximum atomic E-state index is 13.4. The van der Waals surface area contributed by atoms with Crippen molar-refractivity contribution in [2.24, 2.45) is 7.00 Å². The number of carbonyl (C=O) groups excluding carboxylic acids is 1. The monoisotopic (exact) mass is 487 g/mol. The summed E-state index contributed by atoms with van der Waals surface area (Å²) in [4.78, 5) is 11.9. The molecule has 14 heteroatoms. The molecule has 0 radical (unpaired) electrons. The Hall–Kier alpha value is -2.19. The summed E-state index contributed by atoms with van der Waals surface area (Å²) in [5.74, 6) is -2.17. The van der Waals surface area contributed by atoms with Crippen LogP contribution in [0, 0.1) is 0 Å². The summed E-state index contributed by atoms with van der Waals surface area (Å²) < 4.78 is 102. The van der Waals surface area contributed by atoms with E-state index in [0.29, 0.717) is 16.2 Å². The minimum atomic E-state index is -5.23. The lowest BCUT2D eigenvalue weighted by molar-refractivity contribution is -0.204. The van der Waals surface area contributed by atoms with Gasteiger partial charge in [-0.2, -0.15) is 26.3 Å². The van der Waals surface area contributed by atoms with Crippen LogP contribution in [0.15, 0.2) is 12.3 Å². The first-order valence-electron chi connectivity index (χ1n) is 10.5. The van der Waals surface area contributed by atoms with Gasteiger partial charge in [0.05, 0.1) is 18.8 Å². The number of hydrogen-bond acceptors (Lipinski definition) is 6. The van der Waals surface area contributed by atoms with Crippen LogP contribution < -0.4 is 0 Å². The zero-order valence-electron chi connectivity index (χ0n) is 18.3. The number of hydrogen-bond donors (Lipinski definition) is 1. The molecule has 1 fully saturated rings. The van der Waals surface area contributed by atoms with Crippen LogP contribution >= 0.6 is 11.3 Å². The third-order valence-electron chi connectivity index (χ3n) is 5.64. The SMILES string of the molecule is [2H]C([2H])n1cc([C@@H]2[13CH2][C@]3(C[C@H](C)N2C(=O)C(F)(F)F)OC[C@@H](O)c2cc(C(F)(F)F)sc23)nn1. The molecule has 0 unspecified atom stereocenters. The Morgan fingerprint density at radius 3 is 2.66 bits per heavy atom. The number of halogens is 6. The predicted octanol–water partition coefficient (Wildman–Crippen LogP) is 3.47. The number of ether oxygens (including phenoxy) is 1. The fraction of sp³-hybridized carbons (Fsp3) is 0.611. The summed E-state index contributed by atoms with van der Waals surface area (Å²) in [5, 5.41) is 17.5. The van der Waals surface area contributed by atoms with Gasteiger partial charge >= 0.3 is 18.3 Å². The number of nitrogens with zero attached hydrogens (tertiary/aromatic N) is 4. The molecule has 0 saturated carbocycles. The number of piperidine rings is 1. The van der Waals surface area contributed by atoms with Crippen molar-refractivity contribution in [3.8, 4) is 0 Å². The van der Waals surface area contributed by atoms with Gasteiger partial charge in [-0.25, -0.2) is 0 Å². The minimum absolute atomic E-state index is 0.0221. The Morgan fingerprint density at radius 1 is 1.34 bits per heavy atom. The molecule has 7 nitrogen and oxygen atoms in total. The van der Waals surface area contributed by atoms with Crippen molar-refractivity contribution in [2.75, 3.05) is 6.61 Å². The van der Waals surface area contributed by atoms with Gasteiger partial charge in [-0.05, 0) is 13.0 Å². The highest BCUT2D eigenvalue weighted by Gasteiger charge is 2.56. The van der Waals surface area contributed by atoms with E-state index in [1.54, 1.807) is 0 Å². The van der Waals surface area contributed by atoms with Gasteiger partial charge < -0.3 is 14.7 Å². The third-order valence-corrected chi connectivity index (χ3v) is 7.02. The van der Waals surface area contributed by atoms with E-state index in [1.807, 2.05) is 0 Å². The van der Waals surface area contributed by atoms with Gasteiger partial charge in [0.25, 0.3) is 0 Å². The molecule has 2 aromatic heterocycles. The predicted molar refractivity (Wildman–Crippen MR) is 97.3 cm³/mol. The number of aliphatic hydroxyl groups excluding tert-OH is 1. The molecule has 1 N–H and O–H groups in total. The average molecular weight is 487 g/mol. The third kappa shape index (κ3) is 3.77. The summed E-state index contributed by atoms with van der Waals surface area (Å²) >= 11 is 0.339. The Kier molecular flexibility index (Phi) is 4.73. The van der Waals surface area contributed by atoms with E-state index in [4.69, 9.17) is 7.48 Å². The van der Waals surface area contributed by atoms with Crippen LogP contribution in [0.4, 0.5) is 26.3 Å². The lowest BCUT2D eigenvalue weighted by Crippen LogP contribution is -2.56. The van der Waals surface area contributed by atoms with Crippen LogP contribution in [0.25, 0.3) is 0 Å². The van der Waals surface area contributed by atoms with E-state index in [0.717, 1.165) is 16.9 Å². The largest absolute Gasteiger partial charge is 0.471 e. The highest BCUT2D eigenvalue weighted by molar-refractivity contribution is 7.12. The summed E-state index contributed by atoms with van der Waals surface area (Å²) in [6, 6.07) is -1.77. The Balaban J connectivity index is 1.83. The van der Waals surface area contributed by atoms with Crippen molar-refractivity contribution in [3.63, 3.8) is 0 Å². The van der Waals surface area contributed by atoms with Crippen LogP contribution in [-0.2, 0) is 28.3 Å². The van der Waals surface area contributed by atoms with Gasteiger partial charge in [0.15, 0.2) is 0 Å². The van der Waals surface area contributed by atoms with Gasteiger partial charge in [0.2, 0.25) is 0 Å². The number of alkyl halides is 6. The molecule has 0 aliphatic carbocycles. The van der Waals surface area contributed by atoms with Crippen LogP contribution in [0.2, 0.25) is 0 Å². The van der Waals surface area contributed by atoms with Gasteiger partial charge in [0, 0.05) is 39.1 Å². The molecule has 176 valence electrons. The second kappa shape index (κ2) is 7.42. The van der Waals surface area contributed by atoms with Gasteiger partial charge in [-0.3, -0.25) is 9.48 Å². The smallest absolute Gasteiger partial charge is 0.386 e. The molecule has 4 rings (SSSR count). The van der Waals surface area contributed by atoms with Crippen molar-refractivity contribution in [1.29, 1.82) is 0 Å². The molecular formula is C18H18F6N4O3S. The van der Waals surface area contributed by atoms with Crippen LogP contribution in [-0.4, -0.2) is 49.7 Å². The van der Waals surface area contributed by atoms with Gasteiger partial charge in [0.1, 0.15) is 22.3 Å². The normalized spacial score (nSPS) is 29.8. The first kappa shape index (κ1) is 20.4. The number of thiophene rings is 1. The first-order chi connectivity index (χ1) is 15.6. The molecule has 2 aliphatic rings.